The molecule has 0 radical (unpaired) electrons. The lowest BCUT2D eigenvalue weighted by atomic mass is 9.87. The second kappa shape index (κ2) is 7.63. The smallest absolute Gasteiger partial charge is 0.251 e. The molecule has 1 amide bonds. The van der Waals surface area contributed by atoms with Gasteiger partial charge in [-0.25, -0.2) is 12.9 Å². The first-order valence-corrected chi connectivity index (χ1v) is 10.6. The van der Waals surface area contributed by atoms with Gasteiger partial charge in [-0.2, -0.15) is 5.10 Å². The van der Waals surface area contributed by atoms with E-state index in [2.05, 4.69) is 35.9 Å². The lowest BCUT2D eigenvalue weighted by Gasteiger charge is -2.19. The van der Waals surface area contributed by atoms with Crippen LogP contribution in [0.15, 0.2) is 54.9 Å². The molecule has 7 nitrogen and oxygen atoms in total. The van der Waals surface area contributed by atoms with Gasteiger partial charge in [0.25, 0.3) is 5.91 Å². The molecule has 0 fully saturated rings. The van der Waals surface area contributed by atoms with Crippen LogP contribution in [0.1, 0.15) is 36.7 Å². The van der Waals surface area contributed by atoms with Crippen LogP contribution >= 0.6 is 0 Å². The number of nitrogens with zero attached hydrogens (tertiary/aromatic N) is 2. The SMILES string of the molecule is CC(C)(C)c1ccc(C(=O)NCCS(=O)(=O)Nc2ccn3nccc3c2)cc1. The van der Waals surface area contributed by atoms with Crippen LogP contribution in [0.3, 0.4) is 0 Å². The van der Waals surface area contributed by atoms with Crippen molar-refractivity contribution in [2.75, 3.05) is 17.0 Å². The lowest BCUT2D eigenvalue weighted by Crippen LogP contribution is -2.31. The molecule has 2 heterocycles. The Hall–Kier alpha value is -2.87. The Bertz CT molecular complexity index is 1080. The van der Waals surface area contributed by atoms with Gasteiger partial charge in [-0.1, -0.05) is 32.9 Å². The number of hydrogen-bond donors (Lipinski definition) is 2. The van der Waals surface area contributed by atoms with Gasteiger partial charge in [0.05, 0.1) is 17.0 Å². The third-order valence-corrected chi connectivity index (χ3v) is 5.63. The fourth-order valence-corrected chi connectivity index (χ4v) is 3.70. The Labute approximate surface area is 164 Å². The minimum absolute atomic E-state index is 0.00863. The topological polar surface area (TPSA) is 92.6 Å². The Morgan fingerprint density at radius 3 is 2.50 bits per heavy atom. The third kappa shape index (κ3) is 4.89. The fraction of sp³-hybridized carbons (Fsp3) is 0.300. The summed E-state index contributed by atoms with van der Waals surface area (Å²) in [5.74, 6) is -0.514. The molecule has 2 aromatic heterocycles. The number of anilines is 1. The van der Waals surface area contributed by atoms with Gasteiger partial charge in [-0.05, 0) is 41.3 Å². The average Bonchev–Trinajstić information content (AvgIpc) is 3.08. The molecule has 0 saturated heterocycles. The molecule has 148 valence electrons. The van der Waals surface area contributed by atoms with Crippen molar-refractivity contribution < 1.29 is 13.2 Å². The van der Waals surface area contributed by atoms with Crippen LogP contribution in [-0.2, 0) is 15.4 Å². The van der Waals surface area contributed by atoms with E-state index in [4.69, 9.17) is 0 Å². The molecule has 0 atom stereocenters. The van der Waals surface area contributed by atoms with Gasteiger partial charge in [0, 0.05) is 24.5 Å². The Balaban J connectivity index is 1.55. The van der Waals surface area contributed by atoms with Crippen molar-refractivity contribution in [2.24, 2.45) is 0 Å². The first kappa shape index (κ1) is 19.9. The molecule has 0 bridgehead atoms. The van der Waals surface area contributed by atoms with E-state index in [1.807, 2.05) is 12.1 Å². The summed E-state index contributed by atoms with van der Waals surface area (Å²) in [5.41, 5.74) is 2.88. The summed E-state index contributed by atoms with van der Waals surface area (Å²) in [4.78, 5) is 12.2. The molecule has 3 aromatic rings. The third-order valence-electron chi connectivity index (χ3n) is 4.34. The summed E-state index contributed by atoms with van der Waals surface area (Å²) in [5, 5.41) is 6.72. The van der Waals surface area contributed by atoms with Crippen molar-refractivity contribution in [1.29, 1.82) is 0 Å². The van der Waals surface area contributed by atoms with Crippen LogP contribution in [0, 0.1) is 0 Å². The number of rotatable bonds is 6. The molecule has 2 N–H and O–H groups in total. The number of carbonyl (C=O) groups is 1. The summed E-state index contributed by atoms with van der Waals surface area (Å²) < 4.78 is 28.7. The van der Waals surface area contributed by atoms with Crippen molar-refractivity contribution >= 4 is 27.1 Å². The maximum atomic E-state index is 12.3. The van der Waals surface area contributed by atoms with Gasteiger partial charge in [-0.15, -0.1) is 0 Å². The maximum Gasteiger partial charge on any atom is 0.251 e. The van der Waals surface area contributed by atoms with Gasteiger partial charge in [-0.3, -0.25) is 9.52 Å². The zero-order chi connectivity index (χ0) is 20.4. The molecule has 0 spiro atoms. The van der Waals surface area contributed by atoms with Crippen molar-refractivity contribution in [3.05, 3.63) is 66.0 Å². The zero-order valence-electron chi connectivity index (χ0n) is 16.1. The highest BCUT2D eigenvalue weighted by Crippen LogP contribution is 2.22. The maximum absolute atomic E-state index is 12.3. The molecule has 3 rings (SSSR count). The van der Waals surface area contributed by atoms with Gasteiger partial charge in [0.2, 0.25) is 10.0 Å². The molecular formula is C20H24N4O3S. The second-order valence-corrected chi connectivity index (χ2v) is 9.46. The van der Waals surface area contributed by atoms with E-state index in [0.717, 1.165) is 11.1 Å². The fourth-order valence-electron chi connectivity index (χ4n) is 2.74. The van der Waals surface area contributed by atoms with Crippen molar-refractivity contribution in [3.8, 4) is 0 Å². The average molecular weight is 401 g/mol. The summed E-state index contributed by atoms with van der Waals surface area (Å²) in [6, 6.07) is 12.4. The Kier molecular flexibility index (Phi) is 5.42. The predicted molar refractivity (Wildman–Crippen MR) is 110 cm³/mol. The van der Waals surface area contributed by atoms with Gasteiger partial charge in [0.15, 0.2) is 0 Å². The molecule has 28 heavy (non-hydrogen) atoms. The Morgan fingerprint density at radius 2 is 1.82 bits per heavy atom. The monoisotopic (exact) mass is 400 g/mol. The summed E-state index contributed by atoms with van der Waals surface area (Å²) in [6.45, 7) is 6.32. The molecule has 0 saturated carbocycles. The second-order valence-electron chi connectivity index (χ2n) is 7.62. The number of nitrogens with one attached hydrogen (secondary N) is 2. The highest BCUT2D eigenvalue weighted by molar-refractivity contribution is 7.92. The standard InChI is InChI=1S/C20H24N4O3S/c1-20(2,3)16-6-4-15(5-7-16)19(25)21-11-13-28(26,27)23-17-9-12-24-18(14-17)8-10-22-24/h4-10,12,14,23H,11,13H2,1-3H3,(H,21,25). The van der Waals surface area contributed by atoms with Crippen LogP contribution in [-0.4, -0.2) is 36.2 Å². The molecule has 0 aliphatic heterocycles. The number of amides is 1. The number of hydrogen-bond acceptors (Lipinski definition) is 4. The van der Waals surface area contributed by atoms with E-state index in [1.165, 1.54) is 0 Å². The summed E-state index contributed by atoms with van der Waals surface area (Å²) in [7, 11) is -3.58. The molecule has 0 aliphatic carbocycles. The van der Waals surface area contributed by atoms with E-state index in [9.17, 15) is 13.2 Å². The molecular weight excluding hydrogens is 376 g/mol. The summed E-state index contributed by atoms with van der Waals surface area (Å²) >= 11 is 0. The quantitative estimate of drug-likeness (QED) is 0.665. The van der Waals surface area contributed by atoms with E-state index in [-0.39, 0.29) is 23.6 Å². The number of carbonyl (C=O) groups excluding carboxylic acids is 1. The van der Waals surface area contributed by atoms with Crippen LogP contribution in [0.4, 0.5) is 5.69 Å². The van der Waals surface area contributed by atoms with E-state index in [0.29, 0.717) is 11.3 Å². The molecule has 8 heteroatoms. The van der Waals surface area contributed by atoms with Gasteiger partial charge >= 0.3 is 0 Å². The first-order valence-electron chi connectivity index (χ1n) is 8.97. The minimum atomic E-state index is -3.58. The predicted octanol–water partition coefficient (Wildman–Crippen LogP) is 2.80. The van der Waals surface area contributed by atoms with Gasteiger partial charge in [0.1, 0.15) is 0 Å². The molecule has 0 unspecified atom stereocenters. The molecule has 1 aromatic carbocycles. The van der Waals surface area contributed by atoms with Crippen LogP contribution in [0.5, 0.6) is 0 Å². The van der Waals surface area contributed by atoms with E-state index >= 15 is 0 Å². The molecule has 0 aliphatic rings. The number of fused-ring (bicyclic) bond motifs is 1. The Morgan fingerprint density at radius 1 is 1.11 bits per heavy atom. The zero-order valence-corrected chi connectivity index (χ0v) is 17.0. The number of benzene rings is 1. The lowest BCUT2D eigenvalue weighted by molar-refractivity contribution is 0.0956. The first-order chi connectivity index (χ1) is 13.1. The van der Waals surface area contributed by atoms with Crippen LogP contribution in [0.25, 0.3) is 5.52 Å². The summed E-state index contributed by atoms with van der Waals surface area (Å²) in [6.07, 6.45) is 3.31. The normalized spacial score (nSPS) is 12.1. The minimum Gasteiger partial charge on any atom is -0.351 e. The number of aromatic nitrogens is 2. The van der Waals surface area contributed by atoms with Crippen molar-refractivity contribution in [1.82, 2.24) is 14.9 Å². The van der Waals surface area contributed by atoms with Crippen molar-refractivity contribution in [2.45, 2.75) is 26.2 Å². The highest BCUT2D eigenvalue weighted by atomic mass is 32.2. The number of sulfonamides is 1. The van der Waals surface area contributed by atoms with Crippen LogP contribution < -0.4 is 10.0 Å². The van der Waals surface area contributed by atoms with Crippen LogP contribution in [0.2, 0.25) is 0 Å². The van der Waals surface area contributed by atoms with E-state index < -0.39 is 10.0 Å². The largest absolute Gasteiger partial charge is 0.351 e. The van der Waals surface area contributed by atoms with E-state index in [1.54, 1.807) is 47.2 Å². The highest BCUT2D eigenvalue weighted by Gasteiger charge is 2.15. The van der Waals surface area contributed by atoms with Gasteiger partial charge < -0.3 is 5.32 Å². The van der Waals surface area contributed by atoms with Crippen molar-refractivity contribution in [3.63, 3.8) is 0 Å². The number of pyridine rings is 1.